The second-order valence-corrected chi connectivity index (χ2v) is 5.42. The van der Waals surface area contributed by atoms with Gasteiger partial charge in [-0.3, -0.25) is 4.79 Å². The van der Waals surface area contributed by atoms with Crippen molar-refractivity contribution in [3.63, 3.8) is 0 Å². The van der Waals surface area contributed by atoms with Gasteiger partial charge in [0.25, 0.3) is 0 Å². The molecule has 0 bridgehead atoms. The van der Waals surface area contributed by atoms with Gasteiger partial charge in [0.05, 0.1) is 6.04 Å². The van der Waals surface area contributed by atoms with Crippen LogP contribution in [0, 0.1) is 5.92 Å². The largest absolute Gasteiger partial charge is 0.354 e. The summed E-state index contributed by atoms with van der Waals surface area (Å²) < 4.78 is 0. The summed E-state index contributed by atoms with van der Waals surface area (Å²) in [5.41, 5.74) is 5.73. The van der Waals surface area contributed by atoms with Crippen LogP contribution in [-0.2, 0) is 4.79 Å². The first-order chi connectivity index (χ1) is 7.24. The van der Waals surface area contributed by atoms with Crippen LogP contribution in [0.2, 0.25) is 0 Å². The molecule has 0 radical (unpaired) electrons. The minimum Gasteiger partial charge on any atom is -0.354 e. The molecule has 1 aliphatic heterocycles. The predicted octanol–water partition coefficient (Wildman–Crippen LogP) is 1.37. The first kappa shape index (κ1) is 12.8. The lowest BCUT2D eigenvalue weighted by atomic mass is 10.0. The molecule has 1 fully saturated rings. The van der Waals surface area contributed by atoms with E-state index in [0.29, 0.717) is 5.92 Å². The first-order valence-electron chi connectivity index (χ1n) is 5.85. The number of carbonyl (C=O) groups is 1. The van der Waals surface area contributed by atoms with Crippen molar-refractivity contribution in [1.29, 1.82) is 0 Å². The van der Waals surface area contributed by atoms with Gasteiger partial charge in [0.1, 0.15) is 0 Å². The topological polar surface area (TPSA) is 55.1 Å². The van der Waals surface area contributed by atoms with Gasteiger partial charge in [0, 0.05) is 6.54 Å². The van der Waals surface area contributed by atoms with Crippen LogP contribution in [0.3, 0.4) is 0 Å². The van der Waals surface area contributed by atoms with Gasteiger partial charge in [0.15, 0.2) is 0 Å². The van der Waals surface area contributed by atoms with Crippen LogP contribution in [-0.4, -0.2) is 30.0 Å². The van der Waals surface area contributed by atoms with Crippen molar-refractivity contribution in [1.82, 2.24) is 5.32 Å². The number of thioether (sulfide) groups is 1. The molecule has 0 aliphatic carbocycles. The predicted molar refractivity (Wildman–Crippen MR) is 65.9 cm³/mol. The van der Waals surface area contributed by atoms with Crippen molar-refractivity contribution in [3.8, 4) is 0 Å². The van der Waals surface area contributed by atoms with Crippen molar-refractivity contribution in [2.45, 2.75) is 38.6 Å². The molecule has 4 heteroatoms. The molecular formula is C11H22N2OS. The van der Waals surface area contributed by atoms with Gasteiger partial charge in [-0.25, -0.2) is 0 Å². The third-order valence-electron chi connectivity index (χ3n) is 2.84. The third-order valence-corrected chi connectivity index (χ3v) is 3.89. The molecule has 1 atom stereocenters. The number of nitrogens with one attached hydrogen (secondary N) is 1. The number of rotatable bonds is 5. The van der Waals surface area contributed by atoms with Crippen molar-refractivity contribution < 1.29 is 4.79 Å². The number of hydrogen-bond acceptors (Lipinski definition) is 3. The number of amides is 1. The van der Waals surface area contributed by atoms with E-state index in [1.165, 1.54) is 24.3 Å². The third kappa shape index (κ3) is 4.89. The molecule has 1 heterocycles. The summed E-state index contributed by atoms with van der Waals surface area (Å²) in [5, 5.41) is 2.96. The highest BCUT2D eigenvalue weighted by Crippen LogP contribution is 2.21. The van der Waals surface area contributed by atoms with E-state index in [9.17, 15) is 4.79 Å². The van der Waals surface area contributed by atoms with Crippen LogP contribution < -0.4 is 11.1 Å². The second kappa shape index (κ2) is 7.12. The average molecular weight is 230 g/mol. The maximum absolute atomic E-state index is 11.5. The van der Waals surface area contributed by atoms with Crippen molar-refractivity contribution in [2.24, 2.45) is 11.7 Å². The van der Waals surface area contributed by atoms with Crippen molar-refractivity contribution in [2.75, 3.05) is 18.1 Å². The monoisotopic (exact) mass is 230 g/mol. The SMILES string of the molecule is CCC[C@H](N)C(=O)NCC1CCSCC1. The molecule has 3 nitrogen and oxygen atoms in total. The Balaban J connectivity index is 2.14. The molecule has 0 aromatic carbocycles. The molecule has 0 spiro atoms. The first-order valence-corrected chi connectivity index (χ1v) is 7.00. The van der Waals surface area contributed by atoms with Crippen LogP contribution in [0.5, 0.6) is 0 Å². The lowest BCUT2D eigenvalue weighted by molar-refractivity contribution is -0.122. The van der Waals surface area contributed by atoms with E-state index in [0.717, 1.165) is 19.4 Å². The van der Waals surface area contributed by atoms with E-state index < -0.39 is 0 Å². The Hall–Kier alpha value is -0.220. The van der Waals surface area contributed by atoms with Crippen LogP contribution in [0.1, 0.15) is 32.6 Å². The highest BCUT2D eigenvalue weighted by molar-refractivity contribution is 7.99. The van der Waals surface area contributed by atoms with Crippen molar-refractivity contribution >= 4 is 17.7 Å². The summed E-state index contributed by atoms with van der Waals surface area (Å²) in [6, 6.07) is -0.312. The number of hydrogen-bond donors (Lipinski definition) is 2. The van der Waals surface area contributed by atoms with E-state index in [4.69, 9.17) is 5.73 Å². The van der Waals surface area contributed by atoms with E-state index in [2.05, 4.69) is 5.32 Å². The lowest BCUT2D eigenvalue weighted by Gasteiger charge is -2.22. The summed E-state index contributed by atoms with van der Waals surface area (Å²) >= 11 is 2.01. The van der Waals surface area contributed by atoms with E-state index in [1.807, 2.05) is 18.7 Å². The number of nitrogens with two attached hydrogens (primary N) is 1. The second-order valence-electron chi connectivity index (χ2n) is 4.20. The molecule has 1 saturated heterocycles. The molecule has 0 aromatic rings. The molecule has 0 saturated carbocycles. The molecule has 15 heavy (non-hydrogen) atoms. The number of carbonyl (C=O) groups excluding carboxylic acids is 1. The van der Waals surface area contributed by atoms with Crippen LogP contribution >= 0.6 is 11.8 Å². The summed E-state index contributed by atoms with van der Waals surface area (Å²) in [6.45, 7) is 2.86. The molecule has 88 valence electrons. The Morgan fingerprint density at radius 3 is 2.80 bits per heavy atom. The molecule has 3 N–H and O–H groups in total. The van der Waals surface area contributed by atoms with E-state index in [1.54, 1.807) is 0 Å². The Morgan fingerprint density at radius 1 is 1.53 bits per heavy atom. The molecule has 0 aromatic heterocycles. The Labute approximate surface area is 96.6 Å². The van der Waals surface area contributed by atoms with Gasteiger partial charge >= 0.3 is 0 Å². The zero-order valence-corrected chi connectivity index (χ0v) is 10.3. The fourth-order valence-electron chi connectivity index (χ4n) is 1.77. The Bertz CT molecular complexity index is 193. The maximum Gasteiger partial charge on any atom is 0.236 e. The minimum absolute atomic E-state index is 0.0232. The Kier molecular flexibility index (Phi) is 6.10. The van der Waals surface area contributed by atoms with Gasteiger partial charge in [-0.15, -0.1) is 0 Å². The fourth-order valence-corrected chi connectivity index (χ4v) is 2.97. The molecule has 1 rings (SSSR count). The summed E-state index contributed by atoms with van der Waals surface area (Å²) in [4.78, 5) is 11.5. The highest BCUT2D eigenvalue weighted by atomic mass is 32.2. The van der Waals surface area contributed by atoms with Crippen molar-refractivity contribution in [3.05, 3.63) is 0 Å². The molecular weight excluding hydrogens is 208 g/mol. The van der Waals surface area contributed by atoms with Crippen LogP contribution in [0.15, 0.2) is 0 Å². The smallest absolute Gasteiger partial charge is 0.236 e. The summed E-state index contributed by atoms with van der Waals surface area (Å²) in [5.74, 6) is 3.17. The molecule has 0 unspecified atom stereocenters. The van der Waals surface area contributed by atoms with E-state index >= 15 is 0 Å². The van der Waals surface area contributed by atoms with Gasteiger partial charge < -0.3 is 11.1 Å². The zero-order valence-electron chi connectivity index (χ0n) is 9.50. The van der Waals surface area contributed by atoms with Gasteiger partial charge in [-0.05, 0) is 36.7 Å². The zero-order chi connectivity index (χ0) is 11.1. The summed E-state index contributed by atoms with van der Waals surface area (Å²) in [7, 11) is 0. The van der Waals surface area contributed by atoms with Crippen LogP contribution in [0.4, 0.5) is 0 Å². The lowest BCUT2D eigenvalue weighted by Crippen LogP contribution is -2.42. The minimum atomic E-state index is -0.312. The van der Waals surface area contributed by atoms with Crippen LogP contribution in [0.25, 0.3) is 0 Å². The fraction of sp³-hybridized carbons (Fsp3) is 0.909. The quantitative estimate of drug-likeness (QED) is 0.750. The van der Waals surface area contributed by atoms with Gasteiger partial charge in [0.2, 0.25) is 5.91 Å². The normalized spacial score (nSPS) is 19.9. The average Bonchev–Trinajstić information content (AvgIpc) is 2.27. The Morgan fingerprint density at radius 2 is 2.20 bits per heavy atom. The maximum atomic E-state index is 11.5. The molecule has 1 aliphatic rings. The summed E-state index contributed by atoms with van der Waals surface area (Å²) in [6.07, 6.45) is 4.21. The van der Waals surface area contributed by atoms with E-state index in [-0.39, 0.29) is 11.9 Å². The molecule has 1 amide bonds. The standard InChI is InChI=1S/C11H22N2OS/c1-2-3-10(12)11(14)13-8-9-4-6-15-7-5-9/h9-10H,2-8,12H2,1H3,(H,13,14)/t10-/m0/s1. The highest BCUT2D eigenvalue weighted by Gasteiger charge is 2.16. The van der Waals surface area contributed by atoms with Gasteiger partial charge in [-0.2, -0.15) is 11.8 Å². The van der Waals surface area contributed by atoms with Gasteiger partial charge in [-0.1, -0.05) is 13.3 Å².